The van der Waals surface area contributed by atoms with Crippen LogP contribution in [0.5, 0.6) is 0 Å². The number of nitrogens with two attached hydrogens (primary N) is 1. The molecule has 4 heteroatoms. The average molecular weight is 257 g/mol. The highest BCUT2D eigenvalue weighted by atomic mass is 16.5. The van der Waals surface area contributed by atoms with Crippen LogP contribution in [0.4, 0.5) is 0 Å². The van der Waals surface area contributed by atoms with Gasteiger partial charge in [-0.3, -0.25) is 4.79 Å². The second-order valence-electron chi connectivity index (χ2n) is 6.56. The number of hydrogen-bond acceptors (Lipinski definition) is 3. The number of carboxylic acids is 1. The number of aliphatic carboxylic acids is 1. The van der Waals surface area contributed by atoms with Crippen molar-refractivity contribution >= 4 is 5.97 Å². The Bertz CT molecular complexity index is 277. The average Bonchev–Trinajstić information content (AvgIpc) is 2.26. The summed E-state index contributed by atoms with van der Waals surface area (Å²) in [7, 11) is 0. The van der Waals surface area contributed by atoms with Gasteiger partial charge in [-0.2, -0.15) is 0 Å². The van der Waals surface area contributed by atoms with Crippen molar-refractivity contribution in [3.8, 4) is 0 Å². The largest absolute Gasteiger partial charge is 0.480 e. The summed E-state index contributed by atoms with van der Waals surface area (Å²) >= 11 is 0. The first kappa shape index (κ1) is 15.4. The summed E-state index contributed by atoms with van der Waals surface area (Å²) in [5.41, 5.74) is 4.99. The molecule has 1 aliphatic carbocycles. The fraction of sp³-hybridized carbons (Fsp3) is 0.929. The summed E-state index contributed by atoms with van der Waals surface area (Å²) in [6, 6.07) is 0. The zero-order valence-electron chi connectivity index (χ0n) is 11.9. The fourth-order valence-corrected chi connectivity index (χ4v) is 2.34. The Kier molecular flexibility index (Phi) is 5.17. The Labute approximate surface area is 110 Å². The highest BCUT2D eigenvalue weighted by molar-refractivity contribution is 5.77. The molecule has 1 unspecified atom stereocenters. The van der Waals surface area contributed by atoms with Crippen LogP contribution in [0.1, 0.15) is 59.3 Å². The van der Waals surface area contributed by atoms with Crippen LogP contribution in [0.25, 0.3) is 0 Å². The van der Waals surface area contributed by atoms with E-state index in [1.54, 1.807) is 6.92 Å². The monoisotopic (exact) mass is 257 g/mol. The molecule has 1 fully saturated rings. The third-order valence-electron chi connectivity index (χ3n) is 3.97. The van der Waals surface area contributed by atoms with E-state index in [1.165, 1.54) is 12.8 Å². The molecule has 0 aromatic heterocycles. The van der Waals surface area contributed by atoms with Crippen LogP contribution in [-0.4, -0.2) is 29.3 Å². The lowest BCUT2D eigenvalue weighted by atomic mass is 9.76. The molecule has 0 radical (unpaired) electrons. The smallest absolute Gasteiger partial charge is 0.323 e. The molecule has 0 heterocycles. The molecule has 1 saturated carbocycles. The summed E-state index contributed by atoms with van der Waals surface area (Å²) in [5, 5.41) is 8.88. The highest BCUT2D eigenvalue weighted by Gasteiger charge is 2.28. The first-order valence-corrected chi connectivity index (χ1v) is 6.87. The molecule has 0 bridgehead atoms. The van der Waals surface area contributed by atoms with E-state index >= 15 is 0 Å². The lowest BCUT2D eigenvalue weighted by Gasteiger charge is -2.34. The zero-order valence-corrected chi connectivity index (χ0v) is 11.9. The van der Waals surface area contributed by atoms with E-state index < -0.39 is 11.5 Å². The van der Waals surface area contributed by atoms with Gasteiger partial charge >= 0.3 is 5.97 Å². The molecule has 0 aromatic rings. The minimum atomic E-state index is -1.13. The predicted molar refractivity (Wildman–Crippen MR) is 71.5 cm³/mol. The van der Waals surface area contributed by atoms with Crippen molar-refractivity contribution < 1.29 is 14.6 Å². The Balaban J connectivity index is 2.14. The topological polar surface area (TPSA) is 72.5 Å². The second-order valence-corrected chi connectivity index (χ2v) is 6.56. The van der Waals surface area contributed by atoms with E-state index in [-0.39, 0.29) is 0 Å². The van der Waals surface area contributed by atoms with Gasteiger partial charge < -0.3 is 15.6 Å². The number of carbonyl (C=O) groups is 1. The molecular weight excluding hydrogens is 230 g/mol. The van der Waals surface area contributed by atoms with Crippen LogP contribution < -0.4 is 5.73 Å². The van der Waals surface area contributed by atoms with E-state index in [9.17, 15) is 4.79 Å². The number of carboxylic acid groups (broad SMARTS) is 1. The maximum absolute atomic E-state index is 10.8. The van der Waals surface area contributed by atoms with Gasteiger partial charge in [-0.1, -0.05) is 13.8 Å². The van der Waals surface area contributed by atoms with Crippen LogP contribution in [0.2, 0.25) is 0 Å². The van der Waals surface area contributed by atoms with Crippen molar-refractivity contribution in [3.63, 3.8) is 0 Å². The van der Waals surface area contributed by atoms with Gasteiger partial charge in [0.1, 0.15) is 5.54 Å². The molecule has 1 aliphatic rings. The van der Waals surface area contributed by atoms with Crippen molar-refractivity contribution in [2.24, 2.45) is 11.1 Å². The molecule has 0 spiro atoms. The standard InChI is InChI=1S/C14H27NO3/c1-13(2)8-5-11(6-9-13)18-10-4-7-14(3,15)12(16)17/h11H,4-10,15H2,1-3H3,(H,16,17). The summed E-state index contributed by atoms with van der Waals surface area (Å²) in [6.45, 7) is 6.77. The maximum Gasteiger partial charge on any atom is 0.323 e. The molecule has 1 atom stereocenters. The minimum absolute atomic E-state index is 0.354. The zero-order chi connectivity index (χ0) is 13.8. The Morgan fingerprint density at radius 1 is 1.44 bits per heavy atom. The van der Waals surface area contributed by atoms with E-state index in [1.807, 2.05) is 0 Å². The molecule has 0 aromatic carbocycles. The van der Waals surface area contributed by atoms with Gasteiger partial charge in [0.15, 0.2) is 0 Å². The summed E-state index contributed by atoms with van der Waals surface area (Å²) in [6.07, 6.45) is 6.17. The molecule has 4 nitrogen and oxygen atoms in total. The molecule has 0 saturated heterocycles. The Hall–Kier alpha value is -0.610. The van der Waals surface area contributed by atoms with Gasteiger partial charge in [-0.05, 0) is 50.9 Å². The number of hydrogen-bond donors (Lipinski definition) is 2. The number of ether oxygens (including phenoxy) is 1. The normalized spacial score (nSPS) is 23.6. The summed E-state index contributed by atoms with van der Waals surface area (Å²) < 4.78 is 5.80. The Morgan fingerprint density at radius 2 is 2.00 bits per heavy atom. The molecule has 0 aliphatic heterocycles. The van der Waals surface area contributed by atoms with Crippen LogP contribution in [0.15, 0.2) is 0 Å². The van der Waals surface area contributed by atoms with Gasteiger partial charge in [-0.25, -0.2) is 0 Å². The van der Waals surface area contributed by atoms with Gasteiger partial charge in [-0.15, -0.1) is 0 Å². The predicted octanol–water partition coefficient (Wildman–Crippen LogP) is 2.55. The molecule has 1 rings (SSSR count). The van der Waals surface area contributed by atoms with Gasteiger partial charge in [0.25, 0.3) is 0 Å². The summed E-state index contributed by atoms with van der Waals surface area (Å²) in [4.78, 5) is 10.8. The van der Waals surface area contributed by atoms with Crippen molar-refractivity contribution in [3.05, 3.63) is 0 Å². The first-order chi connectivity index (χ1) is 8.23. The van der Waals surface area contributed by atoms with Gasteiger partial charge in [0.2, 0.25) is 0 Å². The minimum Gasteiger partial charge on any atom is -0.480 e. The van der Waals surface area contributed by atoms with E-state index in [0.717, 1.165) is 12.8 Å². The van der Waals surface area contributed by atoms with Crippen LogP contribution in [0, 0.1) is 5.41 Å². The van der Waals surface area contributed by atoms with Crippen molar-refractivity contribution in [1.82, 2.24) is 0 Å². The van der Waals surface area contributed by atoms with Crippen LogP contribution in [0.3, 0.4) is 0 Å². The lowest BCUT2D eigenvalue weighted by molar-refractivity contribution is -0.143. The second kappa shape index (κ2) is 6.02. The SMILES string of the molecule is CC1(C)CCC(OCCCC(C)(N)C(=O)O)CC1. The van der Waals surface area contributed by atoms with Gasteiger partial charge in [0.05, 0.1) is 6.10 Å². The third kappa shape index (κ3) is 4.94. The molecule has 18 heavy (non-hydrogen) atoms. The quantitative estimate of drug-likeness (QED) is 0.717. The van der Waals surface area contributed by atoms with Crippen molar-refractivity contribution in [2.45, 2.75) is 70.9 Å². The van der Waals surface area contributed by atoms with Crippen LogP contribution >= 0.6 is 0 Å². The molecule has 0 amide bonds. The van der Waals surface area contributed by atoms with Crippen molar-refractivity contribution in [1.29, 1.82) is 0 Å². The van der Waals surface area contributed by atoms with Crippen molar-refractivity contribution in [2.75, 3.05) is 6.61 Å². The number of rotatable bonds is 6. The first-order valence-electron chi connectivity index (χ1n) is 6.87. The maximum atomic E-state index is 10.8. The molecule has 106 valence electrons. The van der Waals surface area contributed by atoms with Gasteiger partial charge in [0, 0.05) is 6.61 Å². The Morgan fingerprint density at radius 3 is 2.50 bits per heavy atom. The molecular formula is C14H27NO3. The lowest BCUT2D eigenvalue weighted by Crippen LogP contribution is -2.44. The fourth-order valence-electron chi connectivity index (χ4n) is 2.34. The molecule has 3 N–H and O–H groups in total. The summed E-state index contributed by atoms with van der Waals surface area (Å²) in [5.74, 6) is -0.943. The van der Waals surface area contributed by atoms with E-state index in [4.69, 9.17) is 15.6 Å². The van der Waals surface area contributed by atoms with Crippen LogP contribution in [-0.2, 0) is 9.53 Å². The van der Waals surface area contributed by atoms with E-state index in [0.29, 0.717) is 31.0 Å². The van der Waals surface area contributed by atoms with E-state index in [2.05, 4.69) is 13.8 Å². The third-order valence-corrected chi connectivity index (χ3v) is 3.97. The highest BCUT2D eigenvalue weighted by Crippen LogP contribution is 2.36.